The molecule has 0 bridgehead atoms. The maximum Gasteiger partial charge on any atom is 0.214 e. The molecule has 6 nitrogen and oxygen atoms in total. The van der Waals surface area contributed by atoms with Gasteiger partial charge in [0.05, 0.1) is 30.4 Å². The first-order chi connectivity index (χ1) is 11.5. The van der Waals surface area contributed by atoms with Crippen LogP contribution in [0.5, 0.6) is 5.75 Å². The molecule has 0 saturated heterocycles. The SMILES string of the molecule is CCNC(=NCc1ccc(OC)c(Br)c1)NCc1nc(C)c(C)o1.I. The minimum absolute atomic E-state index is 0. The summed E-state index contributed by atoms with van der Waals surface area (Å²) in [5.41, 5.74) is 2.00. The van der Waals surface area contributed by atoms with Crippen molar-refractivity contribution in [1.82, 2.24) is 15.6 Å². The van der Waals surface area contributed by atoms with Gasteiger partial charge in [0, 0.05) is 6.54 Å². The van der Waals surface area contributed by atoms with Gasteiger partial charge in [0.1, 0.15) is 11.5 Å². The zero-order valence-electron chi connectivity index (χ0n) is 14.9. The molecule has 2 aromatic rings. The van der Waals surface area contributed by atoms with Gasteiger partial charge in [-0.3, -0.25) is 0 Å². The number of aromatic nitrogens is 1. The molecule has 0 amide bonds. The van der Waals surface area contributed by atoms with Crippen molar-refractivity contribution in [2.45, 2.75) is 33.9 Å². The molecule has 0 saturated carbocycles. The largest absolute Gasteiger partial charge is 0.496 e. The zero-order valence-corrected chi connectivity index (χ0v) is 18.8. The molecule has 0 aliphatic carbocycles. The lowest BCUT2D eigenvalue weighted by Gasteiger charge is -2.10. The average molecular weight is 523 g/mol. The number of hydrogen-bond donors (Lipinski definition) is 2. The number of methoxy groups -OCH3 is 1. The minimum Gasteiger partial charge on any atom is -0.496 e. The topological polar surface area (TPSA) is 71.7 Å². The quantitative estimate of drug-likeness (QED) is 0.341. The molecule has 25 heavy (non-hydrogen) atoms. The lowest BCUT2D eigenvalue weighted by atomic mass is 10.2. The smallest absolute Gasteiger partial charge is 0.214 e. The predicted octanol–water partition coefficient (Wildman–Crippen LogP) is 3.94. The van der Waals surface area contributed by atoms with Crippen molar-refractivity contribution in [3.63, 3.8) is 0 Å². The summed E-state index contributed by atoms with van der Waals surface area (Å²) in [6.45, 7) is 7.70. The summed E-state index contributed by atoms with van der Waals surface area (Å²) in [6.07, 6.45) is 0. The van der Waals surface area contributed by atoms with Gasteiger partial charge >= 0.3 is 0 Å². The molecule has 0 fully saturated rings. The summed E-state index contributed by atoms with van der Waals surface area (Å²) in [5.74, 6) is 3.03. The molecule has 0 unspecified atom stereocenters. The van der Waals surface area contributed by atoms with E-state index in [4.69, 9.17) is 9.15 Å². The van der Waals surface area contributed by atoms with Crippen molar-refractivity contribution in [3.05, 3.63) is 45.6 Å². The van der Waals surface area contributed by atoms with Crippen molar-refractivity contribution < 1.29 is 9.15 Å². The Morgan fingerprint density at radius 1 is 1.32 bits per heavy atom. The molecule has 1 aromatic heterocycles. The summed E-state index contributed by atoms with van der Waals surface area (Å²) in [6, 6.07) is 5.93. The summed E-state index contributed by atoms with van der Waals surface area (Å²) in [5, 5.41) is 6.45. The maximum absolute atomic E-state index is 5.57. The van der Waals surface area contributed by atoms with Crippen LogP contribution in [0.15, 0.2) is 32.1 Å². The summed E-state index contributed by atoms with van der Waals surface area (Å²) in [4.78, 5) is 8.95. The number of benzene rings is 1. The number of nitrogens with zero attached hydrogens (tertiary/aromatic N) is 2. The number of aryl methyl sites for hydroxylation is 2. The summed E-state index contributed by atoms with van der Waals surface area (Å²) in [7, 11) is 1.65. The number of halogens is 2. The highest BCUT2D eigenvalue weighted by Crippen LogP contribution is 2.25. The van der Waals surface area contributed by atoms with Crippen LogP contribution in [-0.4, -0.2) is 24.6 Å². The second kappa shape index (κ2) is 10.6. The number of aliphatic imine (C=N–C) groups is 1. The van der Waals surface area contributed by atoms with Crippen LogP contribution < -0.4 is 15.4 Å². The highest BCUT2D eigenvalue weighted by atomic mass is 127. The van der Waals surface area contributed by atoms with Crippen LogP contribution in [0, 0.1) is 13.8 Å². The van der Waals surface area contributed by atoms with Crippen molar-refractivity contribution in [1.29, 1.82) is 0 Å². The fourth-order valence-corrected chi connectivity index (χ4v) is 2.68. The first-order valence-electron chi connectivity index (χ1n) is 7.81. The standard InChI is InChI=1S/C17H23BrN4O2.HI/c1-5-19-17(21-10-16-22-11(2)12(3)24-16)20-9-13-6-7-15(23-4)14(18)8-13;/h6-8H,5,9-10H2,1-4H3,(H2,19,20,21);1H. The van der Waals surface area contributed by atoms with E-state index in [2.05, 4.69) is 36.5 Å². The van der Waals surface area contributed by atoms with Crippen molar-refractivity contribution in [2.24, 2.45) is 4.99 Å². The first-order valence-corrected chi connectivity index (χ1v) is 8.60. The fourth-order valence-electron chi connectivity index (χ4n) is 2.09. The van der Waals surface area contributed by atoms with E-state index >= 15 is 0 Å². The Labute approximate surface area is 174 Å². The Hall–Kier alpha value is -1.29. The molecule has 1 heterocycles. The molecule has 1 aromatic carbocycles. The highest BCUT2D eigenvalue weighted by Gasteiger charge is 2.07. The second-order valence-electron chi connectivity index (χ2n) is 5.27. The Bertz CT molecular complexity index is 699. The predicted molar refractivity (Wildman–Crippen MR) is 114 cm³/mol. The third-order valence-corrected chi connectivity index (χ3v) is 4.08. The molecule has 138 valence electrons. The lowest BCUT2D eigenvalue weighted by Crippen LogP contribution is -2.36. The van der Waals surface area contributed by atoms with Crippen LogP contribution in [-0.2, 0) is 13.1 Å². The zero-order chi connectivity index (χ0) is 17.5. The Morgan fingerprint density at radius 2 is 2.08 bits per heavy atom. The van der Waals surface area contributed by atoms with E-state index in [0.717, 1.165) is 39.7 Å². The van der Waals surface area contributed by atoms with Gasteiger partial charge in [-0.15, -0.1) is 24.0 Å². The van der Waals surface area contributed by atoms with Crippen molar-refractivity contribution >= 4 is 45.9 Å². The van der Waals surface area contributed by atoms with Gasteiger partial charge in [-0.25, -0.2) is 9.98 Å². The number of guanidine groups is 1. The van der Waals surface area contributed by atoms with Gasteiger partial charge in [0.15, 0.2) is 5.96 Å². The lowest BCUT2D eigenvalue weighted by molar-refractivity contribution is 0.412. The fraction of sp³-hybridized carbons (Fsp3) is 0.412. The van der Waals surface area contributed by atoms with Gasteiger partial charge < -0.3 is 19.8 Å². The third-order valence-electron chi connectivity index (χ3n) is 3.46. The highest BCUT2D eigenvalue weighted by molar-refractivity contribution is 14.0. The molecule has 2 N–H and O–H groups in total. The number of nitrogens with one attached hydrogen (secondary N) is 2. The molecule has 2 rings (SSSR count). The van der Waals surface area contributed by atoms with Gasteiger partial charge in [0.2, 0.25) is 5.89 Å². The number of oxazole rings is 1. The van der Waals surface area contributed by atoms with Crippen molar-refractivity contribution in [2.75, 3.05) is 13.7 Å². The average Bonchev–Trinajstić information content (AvgIpc) is 2.88. The van der Waals surface area contributed by atoms with Crippen LogP contribution in [0.3, 0.4) is 0 Å². The normalized spacial score (nSPS) is 11.0. The summed E-state index contributed by atoms with van der Waals surface area (Å²) >= 11 is 3.49. The van der Waals surface area contributed by atoms with E-state index in [1.54, 1.807) is 7.11 Å². The molecule has 0 spiro atoms. The van der Waals surface area contributed by atoms with E-state index < -0.39 is 0 Å². The molecule has 8 heteroatoms. The number of ether oxygens (including phenoxy) is 1. The maximum atomic E-state index is 5.57. The molecular formula is C17H24BrIN4O2. The van der Waals surface area contributed by atoms with Gasteiger partial charge in [0.25, 0.3) is 0 Å². The van der Waals surface area contributed by atoms with Gasteiger partial charge in [-0.1, -0.05) is 6.07 Å². The Balaban J connectivity index is 0.00000312. The molecule has 0 atom stereocenters. The van der Waals surface area contributed by atoms with Gasteiger partial charge in [-0.05, 0) is 54.4 Å². The van der Waals surface area contributed by atoms with E-state index in [1.165, 1.54) is 0 Å². The van der Waals surface area contributed by atoms with Crippen LogP contribution in [0.2, 0.25) is 0 Å². The second-order valence-corrected chi connectivity index (χ2v) is 6.12. The molecular weight excluding hydrogens is 499 g/mol. The number of hydrogen-bond acceptors (Lipinski definition) is 4. The number of rotatable bonds is 6. The monoisotopic (exact) mass is 522 g/mol. The molecule has 0 aliphatic rings. The van der Waals surface area contributed by atoms with Crippen LogP contribution in [0.1, 0.15) is 29.8 Å². The van der Waals surface area contributed by atoms with Crippen LogP contribution >= 0.6 is 39.9 Å². The van der Waals surface area contributed by atoms with E-state index in [-0.39, 0.29) is 24.0 Å². The van der Waals surface area contributed by atoms with E-state index in [0.29, 0.717) is 19.0 Å². The summed E-state index contributed by atoms with van der Waals surface area (Å²) < 4.78 is 11.7. The third kappa shape index (κ3) is 6.50. The molecule has 0 radical (unpaired) electrons. The molecule has 0 aliphatic heterocycles. The first kappa shape index (κ1) is 21.8. The van der Waals surface area contributed by atoms with E-state index in [9.17, 15) is 0 Å². The minimum atomic E-state index is 0. The Morgan fingerprint density at radius 3 is 2.64 bits per heavy atom. The van der Waals surface area contributed by atoms with Crippen LogP contribution in [0.4, 0.5) is 0 Å². The van der Waals surface area contributed by atoms with Crippen molar-refractivity contribution in [3.8, 4) is 5.75 Å². The van der Waals surface area contributed by atoms with E-state index in [1.807, 2.05) is 39.0 Å². The van der Waals surface area contributed by atoms with Gasteiger partial charge in [-0.2, -0.15) is 0 Å². The van der Waals surface area contributed by atoms with Crippen LogP contribution in [0.25, 0.3) is 0 Å². The Kier molecular flexibility index (Phi) is 9.26.